The zero-order valence-corrected chi connectivity index (χ0v) is 11.5. The van der Waals surface area contributed by atoms with Crippen LogP contribution in [0, 0.1) is 5.82 Å². The van der Waals surface area contributed by atoms with E-state index in [2.05, 4.69) is 9.88 Å². The molecular weight excluding hydrogens is 253 g/mol. The molecule has 0 saturated carbocycles. The molecule has 2 N–H and O–H groups in total. The molecule has 0 aliphatic carbocycles. The van der Waals surface area contributed by atoms with Gasteiger partial charge in [0.25, 0.3) is 0 Å². The Morgan fingerprint density at radius 1 is 1.05 bits per heavy atom. The van der Waals surface area contributed by atoms with Gasteiger partial charge in [-0.3, -0.25) is 4.98 Å². The highest BCUT2D eigenvalue weighted by Gasteiger charge is 2.07. The van der Waals surface area contributed by atoms with E-state index in [4.69, 9.17) is 5.73 Å². The monoisotopic (exact) mass is 273 g/mol. The molecule has 2 rings (SSSR count). The summed E-state index contributed by atoms with van der Waals surface area (Å²) >= 11 is 0. The Hall–Kier alpha value is -1.94. The average molecular weight is 273 g/mol. The minimum Gasteiger partial charge on any atom is -0.371 e. The van der Waals surface area contributed by atoms with Crippen LogP contribution in [0.4, 0.5) is 10.1 Å². The van der Waals surface area contributed by atoms with E-state index in [0.717, 1.165) is 37.3 Å². The highest BCUT2D eigenvalue weighted by atomic mass is 19.1. The van der Waals surface area contributed by atoms with Gasteiger partial charge in [-0.15, -0.1) is 0 Å². The van der Waals surface area contributed by atoms with E-state index in [1.54, 1.807) is 6.20 Å². The third kappa shape index (κ3) is 4.31. The Kier molecular flexibility index (Phi) is 5.50. The highest BCUT2D eigenvalue weighted by molar-refractivity contribution is 5.46. The minimum absolute atomic E-state index is 0.211. The fraction of sp³-hybridized carbons (Fsp3) is 0.312. The smallest absolute Gasteiger partial charge is 0.123 e. The zero-order valence-electron chi connectivity index (χ0n) is 11.5. The molecule has 0 amide bonds. The van der Waals surface area contributed by atoms with Crippen molar-refractivity contribution in [3.05, 3.63) is 60.2 Å². The average Bonchev–Trinajstić information content (AvgIpc) is 2.50. The lowest BCUT2D eigenvalue weighted by Crippen LogP contribution is -2.28. The minimum atomic E-state index is -0.211. The van der Waals surface area contributed by atoms with Crippen LogP contribution in [0.2, 0.25) is 0 Å². The van der Waals surface area contributed by atoms with Gasteiger partial charge in [0, 0.05) is 37.1 Å². The van der Waals surface area contributed by atoms with Crippen molar-refractivity contribution in [2.75, 3.05) is 24.5 Å². The van der Waals surface area contributed by atoms with E-state index in [-0.39, 0.29) is 5.82 Å². The summed E-state index contributed by atoms with van der Waals surface area (Å²) in [6, 6.07) is 12.5. The predicted octanol–water partition coefficient (Wildman–Crippen LogP) is 2.62. The molecule has 1 aromatic carbocycles. The first kappa shape index (κ1) is 14.5. The van der Waals surface area contributed by atoms with Gasteiger partial charge in [0.1, 0.15) is 5.82 Å². The molecule has 0 fully saturated rings. The quantitative estimate of drug-likeness (QED) is 0.843. The molecule has 1 heterocycles. The molecule has 20 heavy (non-hydrogen) atoms. The van der Waals surface area contributed by atoms with E-state index in [1.165, 1.54) is 12.1 Å². The molecule has 0 atom stereocenters. The maximum Gasteiger partial charge on any atom is 0.123 e. The molecule has 0 bridgehead atoms. The number of anilines is 1. The summed E-state index contributed by atoms with van der Waals surface area (Å²) in [7, 11) is 0. The van der Waals surface area contributed by atoms with Crippen molar-refractivity contribution in [1.82, 2.24) is 4.98 Å². The molecule has 0 aliphatic rings. The van der Waals surface area contributed by atoms with Gasteiger partial charge in [0.15, 0.2) is 0 Å². The molecular formula is C16H20FN3. The van der Waals surface area contributed by atoms with Gasteiger partial charge >= 0.3 is 0 Å². The summed E-state index contributed by atoms with van der Waals surface area (Å²) in [6.45, 7) is 2.37. The van der Waals surface area contributed by atoms with Crippen molar-refractivity contribution in [3.63, 3.8) is 0 Å². The number of hydrogen-bond acceptors (Lipinski definition) is 3. The van der Waals surface area contributed by atoms with E-state index in [1.807, 2.05) is 30.3 Å². The van der Waals surface area contributed by atoms with Crippen molar-refractivity contribution >= 4 is 5.69 Å². The Labute approximate surface area is 119 Å². The number of pyridine rings is 1. The van der Waals surface area contributed by atoms with Crippen molar-refractivity contribution in [1.29, 1.82) is 0 Å². The second kappa shape index (κ2) is 7.60. The molecule has 4 heteroatoms. The summed E-state index contributed by atoms with van der Waals surface area (Å²) in [6.07, 6.45) is 3.58. The second-order valence-corrected chi connectivity index (χ2v) is 4.68. The van der Waals surface area contributed by atoms with Crippen LogP contribution >= 0.6 is 0 Å². The van der Waals surface area contributed by atoms with Gasteiger partial charge in [0.2, 0.25) is 0 Å². The molecule has 0 aliphatic heterocycles. The van der Waals surface area contributed by atoms with Crippen LogP contribution in [-0.4, -0.2) is 24.6 Å². The van der Waals surface area contributed by atoms with Gasteiger partial charge in [-0.25, -0.2) is 4.39 Å². The first-order valence-electron chi connectivity index (χ1n) is 6.90. The van der Waals surface area contributed by atoms with E-state index in [9.17, 15) is 4.39 Å². The third-order valence-electron chi connectivity index (χ3n) is 3.19. The summed E-state index contributed by atoms with van der Waals surface area (Å²) < 4.78 is 13.0. The zero-order chi connectivity index (χ0) is 14.2. The van der Waals surface area contributed by atoms with Crippen molar-refractivity contribution in [2.45, 2.75) is 12.8 Å². The normalized spacial score (nSPS) is 10.5. The maximum atomic E-state index is 13.0. The number of hydrogen-bond donors (Lipinski definition) is 1. The van der Waals surface area contributed by atoms with Crippen molar-refractivity contribution in [2.24, 2.45) is 5.73 Å². The predicted molar refractivity (Wildman–Crippen MR) is 80.2 cm³/mol. The summed E-state index contributed by atoms with van der Waals surface area (Å²) in [5.74, 6) is -0.211. The van der Waals surface area contributed by atoms with Crippen LogP contribution in [0.25, 0.3) is 0 Å². The molecule has 0 radical (unpaired) electrons. The molecule has 106 valence electrons. The highest BCUT2D eigenvalue weighted by Crippen LogP contribution is 2.15. The number of nitrogens with two attached hydrogens (primary N) is 1. The Balaban J connectivity index is 2.01. The number of rotatable bonds is 7. The number of halogens is 1. The number of benzene rings is 1. The Bertz CT molecular complexity index is 499. The molecule has 1 aromatic heterocycles. The molecule has 2 aromatic rings. The third-order valence-corrected chi connectivity index (χ3v) is 3.19. The lowest BCUT2D eigenvalue weighted by Gasteiger charge is -2.24. The number of nitrogens with zero attached hydrogens (tertiary/aromatic N) is 2. The van der Waals surface area contributed by atoms with E-state index < -0.39 is 0 Å². The molecule has 0 saturated heterocycles. The fourth-order valence-electron chi connectivity index (χ4n) is 2.10. The molecule has 0 spiro atoms. The van der Waals surface area contributed by atoms with Crippen molar-refractivity contribution < 1.29 is 4.39 Å². The van der Waals surface area contributed by atoms with Crippen LogP contribution in [0.5, 0.6) is 0 Å². The summed E-state index contributed by atoms with van der Waals surface area (Å²) in [5, 5.41) is 0. The molecule has 0 unspecified atom stereocenters. The summed E-state index contributed by atoms with van der Waals surface area (Å²) in [4.78, 5) is 6.55. The molecule has 3 nitrogen and oxygen atoms in total. The van der Waals surface area contributed by atoms with Crippen LogP contribution in [0.15, 0.2) is 48.7 Å². The maximum absolute atomic E-state index is 13.0. The van der Waals surface area contributed by atoms with Gasteiger partial charge < -0.3 is 10.6 Å². The standard InChI is InChI=1S/C16H20FN3/c17-14-5-7-16(8-6-14)20(12-3-10-18)13-9-15-4-1-2-11-19-15/h1-2,4-8,11H,3,9-10,12-13,18H2. The topological polar surface area (TPSA) is 42.1 Å². The van der Waals surface area contributed by atoms with Crippen LogP contribution < -0.4 is 10.6 Å². The van der Waals surface area contributed by atoms with Crippen LogP contribution in [0.3, 0.4) is 0 Å². The van der Waals surface area contributed by atoms with Crippen LogP contribution in [0.1, 0.15) is 12.1 Å². The number of aromatic nitrogens is 1. The largest absolute Gasteiger partial charge is 0.371 e. The van der Waals surface area contributed by atoms with Gasteiger partial charge in [0.05, 0.1) is 0 Å². The lowest BCUT2D eigenvalue weighted by atomic mass is 10.2. The first-order valence-corrected chi connectivity index (χ1v) is 6.90. The van der Waals surface area contributed by atoms with Gasteiger partial charge in [-0.1, -0.05) is 6.07 Å². The van der Waals surface area contributed by atoms with E-state index >= 15 is 0 Å². The lowest BCUT2D eigenvalue weighted by molar-refractivity contribution is 0.627. The Morgan fingerprint density at radius 2 is 1.85 bits per heavy atom. The Morgan fingerprint density at radius 3 is 2.50 bits per heavy atom. The first-order chi connectivity index (χ1) is 9.79. The SMILES string of the molecule is NCCCN(CCc1ccccn1)c1ccc(F)cc1. The second-order valence-electron chi connectivity index (χ2n) is 4.68. The summed E-state index contributed by atoms with van der Waals surface area (Å²) in [5.41, 5.74) is 7.67. The fourth-order valence-corrected chi connectivity index (χ4v) is 2.10. The van der Waals surface area contributed by atoms with Gasteiger partial charge in [-0.05, 0) is 49.4 Å². The van der Waals surface area contributed by atoms with Gasteiger partial charge in [-0.2, -0.15) is 0 Å². The van der Waals surface area contributed by atoms with E-state index in [0.29, 0.717) is 6.54 Å². The van der Waals surface area contributed by atoms with Crippen molar-refractivity contribution in [3.8, 4) is 0 Å². The van der Waals surface area contributed by atoms with Crippen LogP contribution in [-0.2, 0) is 6.42 Å².